The molecule has 2 aromatic heterocycles. The maximum Gasteiger partial charge on any atom is 0.435 e. The number of aromatic nitrogens is 4. The Hall–Kier alpha value is -3.88. The predicted octanol–water partition coefficient (Wildman–Crippen LogP) is 5.76. The topological polar surface area (TPSA) is 64.7 Å². The number of para-hydroxylation sites is 1. The lowest BCUT2D eigenvalue weighted by Crippen LogP contribution is -2.26. The molecule has 1 N–H and O–H groups in total. The molecule has 0 unspecified atom stereocenters. The summed E-state index contributed by atoms with van der Waals surface area (Å²) >= 11 is 0. The highest BCUT2D eigenvalue weighted by molar-refractivity contribution is 6.01. The Balaban J connectivity index is 1.33. The van der Waals surface area contributed by atoms with Crippen LogP contribution in [0.5, 0.6) is 0 Å². The van der Waals surface area contributed by atoms with Gasteiger partial charge in [0.05, 0.1) is 16.9 Å². The molecule has 0 aliphatic heterocycles. The third-order valence-electron chi connectivity index (χ3n) is 6.32. The van der Waals surface area contributed by atoms with Crippen molar-refractivity contribution in [3.8, 4) is 16.9 Å². The summed E-state index contributed by atoms with van der Waals surface area (Å²) in [5.74, 6) is -0.129. The molecular weight excluding hydrogens is 467 g/mol. The first-order valence-electron chi connectivity index (χ1n) is 12.0. The number of benzene rings is 2. The number of rotatable bonds is 8. The Morgan fingerprint density at radius 1 is 1.03 bits per heavy atom. The summed E-state index contributed by atoms with van der Waals surface area (Å²) in [5, 5.41) is 11.5. The number of hydrogen-bond acceptors (Lipinski definition) is 3. The summed E-state index contributed by atoms with van der Waals surface area (Å²) in [6, 6.07) is 20.2. The smallest absolute Gasteiger partial charge is 0.352 e. The van der Waals surface area contributed by atoms with Gasteiger partial charge in [-0.15, -0.1) is 0 Å². The second kappa shape index (κ2) is 9.64. The number of amides is 1. The summed E-state index contributed by atoms with van der Waals surface area (Å²) in [7, 11) is 0. The molecule has 0 saturated heterocycles. The van der Waals surface area contributed by atoms with Gasteiger partial charge in [0.2, 0.25) is 0 Å². The van der Waals surface area contributed by atoms with E-state index in [2.05, 4.69) is 10.4 Å². The van der Waals surface area contributed by atoms with Gasteiger partial charge >= 0.3 is 6.18 Å². The van der Waals surface area contributed by atoms with Crippen molar-refractivity contribution in [1.29, 1.82) is 0 Å². The van der Waals surface area contributed by atoms with Gasteiger partial charge in [0.25, 0.3) is 5.91 Å². The van der Waals surface area contributed by atoms with Gasteiger partial charge in [-0.1, -0.05) is 48.5 Å². The Kier molecular flexibility index (Phi) is 6.38. The third-order valence-corrected chi connectivity index (χ3v) is 6.32. The molecule has 1 aliphatic rings. The molecule has 186 valence electrons. The van der Waals surface area contributed by atoms with Crippen LogP contribution in [0.2, 0.25) is 0 Å². The zero-order valence-electron chi connectivity index (χ0n) is 19.8. The molecular formula is C27H26F3N5O. The van der Waals surface area contributed by atoms with Crippen LogP contribution in [-0.2, 0) is 12.7 Å². The van der Waals surface area contributed by atoms with Gasteiger partial charge in [-0.3, -0.25) is 9.48 Å². The molecule has 6 nitrogen and oxygen atoms in total. The van der Waals surface area contributed by atoms with Crippen LogP contribution < -0.4 is 5.32 Å². The minimum atomic E-state index is -4.46. The standard InChI is InChI=1S/C27H26F3N5O/c1-18-24(25(20-9-4-2-5-10-20)33-35(18)21-11-6-3-7-12-21)26(36)31-15-8-16-34-22(19-13-14-19)17-23(32-34)27(28,29)30/h2-7,9-12,17,19H,8,13-16H2,1H3,(H,31,36). The molecule has 36 heavy (non-hydrogen) atoms. The van der Waals surface area contributed by atoms with Crippen molar-refractivity contribution < 1.29 is 18.0 Å². The molecule has 1 amide bonds. The van der Waals surface area contributed by atoms with E-state index < -0.39 is 11.9 Å². The average molecular weight is 494 g/mol. The quantitative estimate of drug-likeness (QED) is 0.318. The van der Waals surface area contributed by atoms with E-state index in [0.717, 1.165) is 30.2 Å². The fourth-order valence-electron chi connectivity index (χ4n) is 4.37. The highest BCUT2D eigenvalue weighted by atomic mass is 19.4. The van der Waals surface area contributed by atoms with Gasteiger partial charge in [-0.25, -0.2) is 4.68 Å². The van der Waals surface area contributed by atoms with Crippen LogP contribution in [0.3, 0.4) is 0 Å². The van der Waals surface area contributed by atoms with Gasteiger partial charge < -0.3 is 5.32 Å². The molecule has 9 heteroatoms. The van der Waals surface area contributed by atoms with Crippen molar-refractivity contribution in [1.82, 2.24) is 24.9 Å². The second-order valence-corrected chi connectivity index (χ2v) is 8.98. The fraction of sp³-hybridized carbons (Fsp3) is 0.296. The van der Waals surface area contributed by atoms with Crippen molar-refractivity contribution in [2.75, 3.05) is 6.54 Å². The zero-order valence-corrected chi connectivity index (χ0v) is 19.8. The first kappa shape index (κ1) is 23.8. The van der Waals surface area contributed by atoms with Crippen LogP contribution >= 0.6 is 0 Å². The Labute approximate surface area is 206 Å². The monoisotopic (exact) mass is 493 g/mol. The number of carbonyl (C=O) groups is 1. The highest BCUT2D eigenvalue weighted by Crippen LogP contribution is 2.42. The minimum Gasteiger partial charge on any atom is -0.352 e. The Morgan fingerprint density at radius 2 is 1.69 bits per heavy atom. The van der Waals surface area contributed by atoms with E-state index in [4.69, 9.17) is 5.10 Å². The lowest BCUT2D eigenvalue weighted by atomic mass is 10.1. The average Bonchev–Trinajstić information content (AvgIpc) is 3.52. The summed E-state index contributed by atoms with van der Waals surface area (Å²) in [6.45, 7) is 2.45. The van der Waals surface area contributed by atoms with Crippen molar-refractivity contribution in [2.24, 2.45) is 0 Å². The number of alkyl halides is 3. The van der Waals surface area contributed by atoms with Crippen molar-refractivity contribution in [3.05, 3.63) is 89.4 Å². The number of halogens is 3. The zero-order chi connectivity index (χ0) is 25.3. The van der Waals surface area contributed by atoms with Crippen LogP contribution in [0.15, 0.2) is 66.7 Å². The van der Waals surface area contributed by atoms with Gasteiger partial charge in [0.15, 0.2) is 5.69 Å². The maximum absolute atomic E-state index is 13.3. The van der Waals surface area contributed by atoms with Gasteiger partial charge in [-0.2, -0.15) is 23.4 Å². The fourth-order valence-corrected chi connectivity index (χ4v) is 4.37. The molecule has 2 aromatic carbocycles. The molecule has 0 bridgehead atoms. The van der Waals surface area contributed by atoms with Gasteiger partial charge in [-0.05, 0) is 44.4 Å². The first-order valence-corrected chi connectivity index (χ1v) is 12.0. The van der Waals surface area contributed by atoms with Gasteiger partial charge in [0.1, 0.15) is 5.69 Å². The van der Waals surface area contributed by atoms with Crippen molar-refractivity contribution in [2.45, 2.75) is 44.8 Å². The van der Waals surface area contributed by atoms with E-state index in [9.17, 15) is 18.0 Å². The number of aryl methyl sites for hydroxylation is 1. The molecule has 1 saturated carbocycles. The van der Waals surface area contributed by atoms with Crippen LogP contribution in [0.4, 0.5) is 13.2 Å². The Morgan fingerprint density at radius 3 is 2.33 bits per heavy atom. The summed E-state index contributed by atoms with van der Waals surface area (Å²) < 4.78 is 42.6. The summed E-state index contributed by atoms with van der Waals surface area (Å²) in [4.78, 5) is 13.3. The molecule has 0 radical (unpaired) electrons. The van der Waals surface area contributed by atoms with Crippen molar-refractivity contribution >= 4 is 5.91 Å². The van der Waals surface area contributed by atoms with E-state index >= 15 is 0 Å². The van der Waals surface area contributed by atoms with Crippen LogP contribution in [0, 0.1) is 6.92 Å². The molecule has 4 aromatic rings. The highest BCUT2D eigenvalue weighted by Gasteiger charge is 2.37. The van der Waals surface area contributed by atoms with Crippen LogP contribution in [0.25, 0.3) is 16.9 Å². The molecule has 5 rings (SSSR count). The molecule has 1 fully saturated rings. The van der Waals surface area contributed by atoms with E-state index in [1.165, 1.54) is 4.68 Å². The Bertz CT molecular complexity index is 1360. The number of nitrogens with zero attached hydrogens (tertiary/aromatic N) is 4. The minimum absolute atomic E-state index is 0.142. The molecule has 2 heterocycles. The summed E-state index contributed by atoms with van der Waals surface area (Å²) in [5.41, 5.74) is 3.19. The van der Waals surface area contributed by atoms with E-state index in [1.54, 1.807) is 4.68 Å². The van der Waals surface area contributed by atoms with Crippen LogP contribution in [0.1, 0.15) is 52.6 Å². The normalized spacial score (nSPS) is 13.7. The lowest BCUT2D eigenvalue weighted by Gasteiger charge is -2.09. The largest absolute Gasteiger partial charge is 0.435 e. The first-order chi connectivity index (χ1) is 17.3. The predicted molar refractivity (Wildman–Crippen MR) is 130 cm³/mol. The maximum atomic E-state index is 13.3. The SMILES string of the molecule is Cc1c(C(=O)NCCCn2nc(C(F)(F)F)cc2C2CC2)c(-c2ccccc2)nn1-c1ccccc1. The molecule has 0 atom stereocenters. The van der Waals surface area contributed by atoms with Gasteiger partial charge in [0, 0.05) is 30.3 Å². The number of hydrogen-bond donors (Lipinski definition) is 1. The molecule has 0 spiro atoms. The lowest BCUT2D eigenvalue weighted by molar-refractivity contribution is -0.141. The second-order valence-electron chi connectivity index (χ2n) is 8.98. The molecule has 1 aliphatic carbocycles. The van der Waals surface area contributed by atoms with E-state index in [1.807, 2.05) is 67.6 Å². The number of carbonyl (C=O) groups excluding carboxylic acids is 1. The number of nitrogens with one attached hydrogen (secondary N) is 1. The van der Waals surface area contributed by atoms with Crippen LogP contribution in [-0.4, -0.2) is 32.0 Å². The van der Waals surface area contributed by atoms with Crippen molar-refractivity contribution in [3.63, 3.8) is 0 Å². The van der Waals surface area contributed by atoms with E-state index in [0.29, 0.717) is 42.2 Å². The van der Waals surface area contributed by atoms with E-state index in [-0.39, 0.29) is 11.8 Å². The third kappa shape index (κ3) is 4.91. The summed E-state index contributed by atoms with van der Waals surface area (Å²) in [6.07, 6.45) is -2.25.